The Morgan fingerprint density at radius 2 is 1.78 bits per heavy atom. The SMILES string of the molecule is CCc1cccc(CC)c1N1C(=NC(=O)COc2ccc(Cl)cc2)S[C@@H]2CS(=O)(=O)C[C@@H]21. The molecule has 4 rings (SSSR count). The Kier molecular flexibility index (Phi) is 6.83. The van der Waals surface area contributed by atoms with Gasteiger partial charge in [0.05, 0.1) is 17.5 Å². The average molecular weight is 493 g/mol. The van der Waals surface area contributed by atoms with Gasteiger partial charge in [0.2, 0.25) is 0 Å². The molecule has 9 heteroatoms. The van der Waals surface area contributed by atoms with Crippen LogP contribution in [-0.4, -0.2) is 48.9 Å². The van der Waals surface area contributed by atoms with Gasteiger partial charge in [0.15, 0.2) is 21.6 Å². The highest BCUT2D eigenvalue weighted by Crippen LogP contribution is 2.43. The second kappa shape index (κ2) is 9.45. The summed E-state index contributed by atoms with van der Waals surface area (Å²) in [7, 11) is -3.13. The fraction of sp³-hybridized carbons (Fsp3) is 0.391. The molecule has 2 aromatic carbocycles. The van der Waals surface area contributed by atoms with Gasteiger partial charge in [-0.2, -0.15) is 4.99 Å². The maximum absolute atomic E-state index is 12.7. The third-order valence-electron chi connectivity index (χ3n) is 5.67. The smallest absolute Gasteiger partial charge is 0.285 e. The lowest BCUT2D eigenvalue weighted by Crippen LogP contribution is -2.39. The van der Waals surface area contributed by atoms with E-state index in [2.05, 4.69) is 31.0 Å². The molecule has 32 heavy (non-hydrogen) atoms. The molecule has 2 saturated heterocycles. The first-order valence-electron chi connectivity index (χ1n) is 10.6. The monoisotopic (exact) mass is 492 g/mol. The fourth-order valence-corrected chi connectivity index (χ4v) is 8.21. The predicted octanol–water partition coefficient (Wildman–Crippen LogP) is 4.15. The molecule has 2 aromatic rings. The number of aliphatic imine (C=N–C) groups is 1. The summed E-state index contributed by atoms with van der Waals surface area (Å²) in [6.07, 6.45) is 1.60. The lowest BCUT2D eigenvalue weighted by Gasteiger charge is -2.29. The third kappa shape index (κ3) is 4.82. The Bertz CT molecular complexity index is 1130. The number of ether oxygens (including phenoxy) is 1. The summed E-state index contributed by atoms with van der Waals surface area (Å²) in [4.78, 5) is 19.0. The van der Waals surface area contributed by atoms with Crippen LogP contribution in [0.25, 0.3) is 0 Å². The lowest BCUT2D eigenvalue weighted by atomic mass is 10.0. The fourth-order valence-electron chi connectivity index (χ4n) is 4.17. The Morgan fingerprint density at radius 3 is 2.41 bits per heavy atom. The molecule has 2 aliphatic heterocycles. The van der Waals surface area contributed by atoms with E-state index >= 15 is 0 Å². The number of amidine groups is 1. The quantitative estimate of drug-likeness (QED) is 0.603. The molecule has 1 amide bonds. The van der Waals surface area contributed by atoms with Gasteiger partial charge in [-0.1, -0.05) is 55.4 Å². The van der Waals surface area contributed by atoms with E-state index in [9.17, 15) is 13.2 Å². The minimum atomic E-state index is -3.13. The number of para-hydroxylation sites is 1. The summed E-state index contributed by atoms with van der Waals surface area (Å²) >= 11 is 7.26. The van der Waals surface area contributed by atoms with Gasteiger partial charge in [0.25, 0.3) is 5.91 Å². The summed E-state index contributed by atoms with van der Waals surface area (Å²) in [6.45, 7) is 3.95. The number of halogens is 1. The van der Waals surface area contributed by atoms with Crippen LogP contribution < -0.4 is 9.64 Å². The van der Waals surface area contributed by atoms with Crippen molar-refractivity contribution in [2.75, 3.05) is 23.0 Å². The van der Waals surface area contributed by atoms with Crippen molar-refractivity contribution in [3.63, 3.8) is 0 Å². The number of anilines is 1. The summed E-state index contributed by atoms with van der Waals surface area (Å²) in [5, 5.41) is 0.998. The molecule has 170 valence electrons. The van der Waals surface area contributed by atoms with Gasteiger partial charge in [-0.15, -0.1) is 0 Å². The van der Waals surface area contributed by atoms with Crippen LogP contribution in [-0.2, 0) is 27.5 Å². The molecule has 2 heterocycles. The van der Waals surface area contributed by atoms with Crippen LogP contribution in [0.15, 0.2) is 47.5 Å². The first kappa shape index (κ1) is 23.1. The lowest BCUT2D eigenvalue weighted by molar-refractivity contribution is -0.119. The van der Waals surface area contributed by atoms with Gasteiger partial charge in [-0.3, -0.25) is 4.79 Å². The number of aryl methyl sites for hydroxylation is 2. The van der Waals surface area contributed by atoms with Gasteiger partial charge in [0.1, 0.15) is 5.75 Å². The van der Waals surface area contributed by atoms with Crippen LogP contribution in [0, 0.1) is 0 Å². The topological polar surface area (TPSA) is 76.0 Å². The van der Waals surface area contributed by atoms with Crippen molar-refractivity contribution >= 4 is 50.0 Å². The van der Waals surface area contributed by atoms with Gasteiger partial charge >= 0.3 is 0 Å². The number of nitrogens with zero attached hydrogens (tertiary/aromatic N) is 2. The number of hydrogen-bond acceptors (Lipinski definition) is 5. The molecule has 2 aliphatic rings. The van der Waals surface area contributed by atoms with Crippen molar-refractivity contribution < 1.29 is 17.9 Å². The largest absolute Gasteiger partial charge is 0.484 e. The number of carbonyl (C=O) groups is 1. The molecule has 0 saturated carbocycles. The van der Waals surface area contributed by atoms with Crippen molar-refractivity contribution in [3.8, 4) is 5.75 Å². The van der Waals surface area contributed by atoms with Crippen molar-refractivity contribution in [2.24, 2.45) is 4.99 Å². The van der Waals surface area contributed by atoms with E-state index < -0.39 is 15.7 Å². The number of hydrogen-bond donors (Lipinski definition) is 0. The van der Waals surface area contributed by atoms with E-state index in [1.807, 2.05) is 11.0 Å². The first-order chi connectivity index (χ1) is 15.3. The number of carbonyl (C=O) groups excluding carboxylic acids is 1. The van der Waals surface area contributed by atoms with Crippen molar-refractivity contribution in [3.05, 3.63) is 58.6 Å². The average Bonchev–Trinajstić information content (AvgIpc) is 3.23. The first-order valence-corrected chi connectivity index (χ1v) is 13.7. The highest BCUT2D eigenvalue weighted by molar-refractivity contribution is 8.16. The van der Waals surface area contributed by atoms with E-state index in [-0.39, 0.29) is 29.4 Å². The zero-order chi connectivity index (χ0) is 22.9. The molecule has 0 N–H and O–H groups in total. The Hall–Kier alpha value is -2.03. The molecule has 0 aliphatic carbocycles. The van der Waals surface area contributed by atoms with E-state index in [1.165, 1.54) is 11.8 Å². The zero-order valence-electron chi connectivity index (χ0n) is 18.0. The van der Waals surface area contributed by atoms with E-state index in [1.54, 1.807) is 24.3 Å². The molecule has 2 fully saturated rings. The van der Waals surface area contributed by atoms with Crippen molar-refractivity contribution in [1.82, 2.24) is 0 Å². The molecular formula is C23H25ClN2O4S2. The van der Waals surface area contributed by atoms with E-state index in [4.69, 9.17) is 16.3 Å². The highest BCUT2D eigenvalue weighted by Gasteiger charge is 2.50. The Morgan fingerprint density at radius 1 is 1.12 bits per heavy atom. The van der Waals surface area contributed by atoms with E-state index in [0.29, 0.717) is 15.9 Å². The number of fused-ring (bicyclic) bond motifs is 1. The Balaban J connectivity index is 1.65. The van der Waals surface area contributed by atoms with Crippen LogP contribution in [0.3, 0.4) is 0 Å². The minimum Gasteiger partial charge on any atom is -0.484 e. The molecule has 0 bridgehead atoms. The maximum atomic E-state index is 12.7. The zero-order valence-corrected chi connectivity index (χ0v) is 20.3. The number of sulfone groups is 1. The molecule has 0 spiro atoms. The summed E-state index contributed by atoms with van der Waals surface area (Å²) in [6, 6.07) is 12.7. The second-order valence-electron chi connectivity index (χ2n) is 7.83. The molecule has 0 aromatic heterocycles. The molecular weight excluding hydrogens is 468 g/mol. The number of rotatable bonds is 6. The molecule has 0 radical (unpaired) electrons. The van der Waals surface area contributed by atoms with Crippen molar-refractivity contribution in [1.29, 1.82) is 0 Å². The molecule has 2 atom stereocenters. The van der Waals surface area contributed by atoms with Crippen molar-refractivity contribution in [2.45, 2.75) is 38.0 Å². The predicted molar refractivity (Wildman–Crippen MR) is 131 cm³/mol. The van der Waals surface area contributed by atoms with Gasteiger partial charge in [-0.25, -0.2) is 8.42 Å². The summed E-state index contributed by atoms with van der Waals surface area (Å²) < 4.78 is 30.3. The second-order valence-corrected chi connectivity index (χ2v) is 11.6. The summed E-state index contributed by atoms with van der Waals surface area (Å²) in [5.41, 5.74) is 3.22. The van der Waals surface area contributed by atoms with Crippen LogP contribution in [0.1, 0.15) is 25.0 Å². The summed E-state index contributed by atoms with van der Waals surface area (Å²) in [5.74, 6) is 0.289. The van der Waals surface area contributed by atoms with Crippen LogP contribution in [0.4, 0.5) is 5.69 Å². The molecule has 0 unspecified atom stereocenters. The van der Waals surface area contributed by atoms with Crippen LogP contribution in [0.5, 0.6) is 5.75 Å². The number of benzene rings is 2. The number of thioether (sulfide) groups is 1. The van der Waals surface area contributed by atoms with Gasteiger partial charge in [-0.05, 0) is 48.2 Å². The van der Waals surface area contributed by atoms with Gasteiger partial charge in [0, 0.05) is 16.0 Å². The van der Waals surface area contributed by atoms with Crippen LogP contribution in [0.2, 0.25) is 5.02 Å². The van der Waals surface area contributed by atoms with Gasteiger partial charge < -0.3 is 9.64 Å². The minimum absolute atomic E-state index is 0.0698. The Labute approximate surface area is 197 Å². The normalized spacial score (nSPS) is 22.8. The number of amides is 1. The molecule has 6 nitrogen and oxygen atoms in total. The third-order valence-corrected chi connectivity index (χ3v) is 9.13. The van der Waals surface area contributed by atoms with E-state index in [0.717, 1.165) is 29.7 Å². The maximum Gasteiger partial charge on any atom is 0.285 e. The standard InChI is InChI=1S/C23H25ClN2O4S2/c1-3-15-6-5-7-16(4-2)22(15)26-19-13-32(28,29)14-20(19)31-23(26)25-21(27)12-30-18-10-8-17(24)9-11-18/h5-11,19-20H,3-4,12-14H2,1-2H3/t19-,20+/m0/s1. The highest BCUT2D eigenvalue weighted by atomic mass is 35.5. The van der Waals surface area contributed by atoms with Crippen LogP contribution >= 0.6 is 23.4 Å².